The average molecular weight is 357 g/mol. The summed E-state index contributed by atoms with van der Waals surface area (Å²) in [7, 11) is 0. The molecule has 1 aliphatic heterocycles. The third-order valence-corrected chi connectivity index (χ3v) is 3.91. The van der Waals surface area contributed by atoms with Crippen LogP contribution in [-0.2, 0) is 11.3 Å². The second-order valence-electron chi connectivity index (χ2n) is 5.10. The number of carbonyl (C=O) groups is 1. The Morgan fingerprint density at radius 2 is 1.87 bits per heavy atom. The highest BCUT2D eigenvalue weighted by Gasteiger charge is 2.25. The van der Waals surface area contributed by atoms with E-state index in [4.69, 9.17) is 27.9 Å². The molecule has 23 heavy (non-hydrogen) atoms. The second kappa shape index (κ2) is 6.74. The Bertz CT molecular complexity index is 709. The zero-order valence-corrected chi connectivity index (χ0v) is 13.6. The van der Waals surface area contributed by atoms with Crippen molar-refractivity contribution in [3.05, 3.63) is 39.5 Å². The lowest BCUT2D eigenvalue weighted by Gasteiger charge is -2.28. The fourth-order valence-electron chi connectivity index (χ4n) is 2.52. The Balaban J connectivity index is 1.96. The SMILES string of the molecule is O=C(O)c1nnn(Cc2cc(Cl)cc(Cl)c2)c1N1CCOCC1. The van der Waals surface area contributed by atoms with E-state index in [2.05, 4.69) is 10.3 Å². The Hall–Kier alpha value is -1.83. The van der Waals surface area contributed by atoms with E-state index in [0.717, 1.165) is 5.56 Å². The normalized spacial score (nSPS) is 15.0. The van der Waals surface area contributed by atoms with Crippen LogP contribution in [0.2, 0.25) is 10.0 Å². The van der Waals surface area contributed by atoms with Gasteiger partial charge in [0.2, 0.25) is 5.69 Å². The molecule has 0 atom stereocenters. The van der Waals surface area contributed by atoms with Gasteiger partial charge in [0, 0.05) is 23.1 Å². The summed E-state index contributed by atoms with van der Waals surface area (Å²) >= 11 is 12.0. The standard InChI is InChI=1S/C14H14Cl2N4O3/c15-10-5-9(6-11(16)7-10)8-20-13(12(14(21)22)17-18-20)19-1-3-23-4-2-19/h5-7H,1-4,8H2,(H,21,22). The molecule has 7 nitrogen and oxygen atoms in total. The molecule has 9 heteroatoms. The van der Waals surface area contributed by atoms with Crippen LogP contribution in [0.4, 0.5) is 5.82 Å². The van der Waals surface area contributed by atoms with Gasteiger partial charge in [0.25, 0.3) is 0 Å². The third-order valence-electron chi connectivity index (χ3n) is 3.48. The highest BCUT2D eigenvalue weighted by atomic mass is 35.5. The lowest BCUT2D eigenvalue weighted by molar-refractivity contribution is 0.0689. The first-order valence-electron chi connectivity index (χ1n) is 6.99. The molecule has 3 rings (SSSR count). The number of rotatable bonds is 4. The number of nitrogens with zero attached hydrogens (tertiary/aromatic N) is 4. The molecule has 0 aliphatic carbocycles. The number of hydrogen-bond acceptors (Lipinski definition) is 5. The molecule has 0 bridgehead atoms. The number of hydrogen-bond donors (Lipinski definition) is 1. The van der Waals surface area contributed by atoms with Crippen molar-refractivity contribution in [2.75, 3.05) is 31.2 Å². The molecular formula is C14H14Cl2N4O3. The van der Waals surface area contributed by atoms with Crippen LogP contribution in [0.5, 0.6) is 0 Å². The molecule has 1 aliphatic rings. The number of morpholine rings is 1. The number of aromatic carboxylic acids is 1. The van der Waals surface area contributed by atoms with Crippen LogP contribution in [0.25, 0.3) is 0 Å². The number of ether oxygens (including phenoxy) is 1. The molecule has 1 aromatic heterocycles. The van der Waals surface area contributed by atoms with Gasteiger partial charge in [-0.3, -0.25) is 0 Å². The van der Waals surface area contributed by atoms with Gasteiger partial charge in [-0.05, 0) is 23.8 Å². The van der Waals surface area contributed by atoms with Crippen LogP contribution in [-0.4, -0.2) is 52.4 Å². The second-order valence-corrected chi connectivity index (χ2v) is 5.97. The molecule has 0 radical (unpaired) electrons. The number of aromatic nitrogens is 3. The highest BCUT2D eigenvalue weighted by molar-refractivity contribution is 6.34. The maximum atomic E-state index is 11.4. The van der Waals surface area contributed by atoms with Crippen molar-refractivity contribution in [2.24, 2.45) is 0 Å². The maximum Gasteiger partial charge on any atom is 0.360 e. The lowest BCUT2D eigenvalue weighted by atomic mass is 10.2. The van der Waals surface area contributed by atoms with Gasteiger partial charge in [-0.1, -0.05) is 28.4 Å². The Morgan fingerprint density at radius 1 is 1.22 bits per heavy atom. The first-order valence-corrected chi connectivity index (χ1v) is 7.74. The van der Waals surface area contributed by atoms with E-state index in [-0.39, 0.29) is 5.69 Å². The summed E-state index contributed by atoms with van der Waals surface area (Å²) in [6, 6.07) is 5.16. The third kappa shape index (κ3) is 3.57. The summed E-state index contributed by atoms with van der Waals surface area (Å²) in [5, 5.41) is 18.2. The van der Waals surface area contributed by atoms with Gasteiger partial charge in [0.15, 0.2) is 5.82 Å². The maximum absolute atomic E-state index is 11.4. The molecule has 2 heterocycles. The zero-order valence-electron chi connectivity index (χ0n) is 12.1. The Kier molecular flexibility index (Phi) is 4.70. The van der Waals surface area contributed by atoms with Crippen LogP contribution in [0.1, 0.15) is 16.1 Å². The van der Waals surface area contributed by atoms with Gasteiger partial charge in [0.1, 0.15) is 0 Å². The molecular weight excluding hydrogens is 343 g/mol. The van der Waals surface area contributed by atoms with Gasteiger partial charge < -0.3 is 14.7 Å². The van der Waals surface area contributed by atoms with Crippen molar-refractivity contribution in [1.82, 2.24) is 15.0 Å². The number of anilines is 1. The Labute approximate surface area is 142 Å². The summed E-state index contributed by atoms with van der Waals surface area (Å²) in [6.45, 7) is 2.57. The van der Waals surface area contributed by atoms with Gasteiger partial charge >= 0.3 is 5.97 Å². The van der Waals surface area contributed by atoms with E-state index in [1.807, 2.05) is 4.90 Å². The van der Waals surface area contributed by atoms with Crippen molar-refractivity contribution in [2.45, 2.75) is 6.54 Å². The zero-order chi connectivity index (χ0) is 16.4. The highest BCUT2D eigenvalue weighted by Crippen LogP contribution is 2.24. The van der Waals surface area contributed by atoms with E-state index in [1.165, 1.54) is 0 Å². The average Bonchev–Trinajstić information content (AvgIpc) is 2.91. The van der Waals surface area contributed by atoms with Gasteiger partial charge in [-0.15, -0.1) is 5.10 Å². The summed E-state index contributed by atoms with van der Waals surface area (Å²) in [5.41, 5.74) is 0.749. The van der Waals surface area contributed by atoms with E-state index in [0.29, 0.717) is 48.7 Å². The molecule has 1 saturated heterocycles. The fraction of sp³-hybridized carbons (Fsp3) is 0.357. The molecule has 2 aromatic rings. The molecule has 1 aromatic carbocycles. The molecule has 1 N–H and O–H groups in total. The first kappa shape index (κ1) is 16.0. The van der Waals surface area contributed by atoms with Crippen molar-refractivity contribution < 1.29 is 14.6 Å². The molecule has 0 unspecified atom stereocenters. The van der Waals surface area contributed by atoms with Crippen molar-refractivity contribution in [1.29, 1.82) is 0 Å². The molecule has 0 spiro atoms. The summed E-state index contributed by atoms with van der Waals surface area (Å²) < 4.78 is 6.87. The minimum atomic E-state index is -1.11. The van der Waals surface area contributed by atoms with Crippen molar-refractivity contribution >= 4 is 35.0 Å². The van der Waals surface area contributed by atoms with Crippen LogP contribution >= 0.6 is 23.2 Å². The van der Waals surface area contributed by atoms with Gasteiger partial charge in [-0.2, -0.15) is 0 Å². The summed E-state index contributed by atoms with van der Waals surface area (Å²) in [6.07, 6.45) is 0. The minimum Gasteiger partial charge on any atom is -0.476 e. The van der Waals surface area contributed by atoms with Crippen LogP contribution < -0.4 is 4.90 Å². The van der Waals surface area contributed by atoms with Gasteiger partial charge in [0.05, 0.1) is 19.8 Å². The number of carboxylic acid groups (broad SMARTS) is 1. The molecule has 1 fully saturated rings. The number of benzene rings is 1. The van der Waals surface area contributed by atoms with Crippen LogP contribution in [0.15, 0.2) is 18.2 Å². The van der Waals surface area contributed by atoms with Crippen LogP contribution in [0.3, 0.4) is 0 Å². The Morgan fingerprint density at radius 3 is 2.48 bits per heavy atom. The number of carboxylic acids is 1. The lowest BCUT2D eigenvalue weighted by Crippen LogP contribution is -2.38. The van der Waals surface area contributed by atoms with E-state index in [1.54, 1.807) is 22.9 Å². The predicted molar refractivity (Wildman–Crippen MR) is 85.6 cm³/mol. The molecule has 0 saturated carbocycles. The monoisotopic (exact) mass is 356 g/mol. The number of halogens is 2. The largest absolute Gasteiger partial charge is 0.476 e. The first-order chi connectivity index (χ1) is 11.0. The van der Waals surface area contributed by atoms with Crippen molar-refractivity contribution in [3.63, 3.8) is 0 Å². The fourth-order valence-corrected chi connectivity index (χ4v) is 3.09. The van der Waals surface area contributed by atoms with E-state index in [9.17, 15) is 9.90 Å². The predicted octanol–water partition coefficient (Wildman–Crippen LogP) is 2.17. The van der Waals surface area contributed by atoms with Gasteiger partial charge in [-0.25, -0.2) is 9.48 Å². The smallest absolute Gasteiger partial charge is 0.360 e. The summed E-state index contributed by atoms with van der Waals surface area (Å²) in [4.78, 5) is 13.3. The summed E-state index contributed by atoms with van der Waals surface area (Å²) in [5.74, 6) is -0.640. The quantitative estimate of drug-likeness (QED) is 0.903. The topological polar surface area (TPSA) is 80.5 Å². The van der Waals surface area contributed by atoms with Crippen molar-refractivity contribution in [3.8, 4) is 0 Å². The van der Waals surface area contributed by atoms with Crippen LogP contribution in [0, 0.1) is 0 Å². The molecule has 0 amide bonds. The van der Waals surface area contributed by atoms with E-state index < -0.39 is 5.97 Å². The minimum absolute atomic E-state index is 0.0694. The van der Waals surface area contributed by atoms with E-state index >= 15 is 0 Å². The molecule has 122 valence electrons.